The van der Waals surface area contributed by atoms with Crippen molar-refractivity contribution in [3.8, 4) is 5.82 Å². The molecular weight excluding hydrogens is 376 g/mol. The van der Waals surface area contributed by atoms with Crippen LogP contribution in [0.3, 0.4) is 0 Å². The van der Waals surface area contributed by atoms with Crippen molar-refractivity contribution < 1.29 is 14.3 Å². The van der Waals surface area contributed by atoms with Crippen LogP contribution in [-0.4, -0.2) is 45.2 Å². The molecule has 0 aliphatic heterocycles. The number of hydrogen-bond acceptors (Lipinski definition) is 6. The molecular formula is C20H22N4O3S. The van der Waals surface area contributed by atoms with Crippen LogP contribution in [0.1, 0.15) is 40.7 Å². The van der Waals surface area contributed by atoms with Crippen LogP contribution in [0.2, 0.25) is 0 Å². The zero-order chi connectivity index (χ0) is 20.1. The number of aromatic nitrogens is 3. The third-order valence-corrected chi connectivity index (χ3v) is 5.03. The van der Waals surface area contributed by atoms with Crippen molar-refractivity contribution in [2.24, 2.45) is 0 Å². The Labute approximate surface area is 167 Å². The highest BCUT2D eigenvalue weighted by Crippen LogP contribution is 2.23. The minimum atomic E-state index is -0.566. The maximum Gasteiger partial charge on any atom is 0.342 e. The molecule has 0 bridgehead atoms. The van der Waals surface area contributed by atoms with Gasteiger partial charge < -0.3 is 9.64 Å². The molecule has 0 aromatic carbocycles. The number of esters is 1. The van der Waals surface area contributed by atoms with E-state index in [0.29, 0.717) is 23.6 Å². The number of carbonyl (C=O) groups excluding carboxylic acids is 2. The number of amides is 1. The monoisotopic (exact) mass is 398 g/mol. The van der Waals surface area contributed by atoms with E-state index >= 15 is 0 Å². The Morgan fingerprint density at radius 3 is 2.71 bits per heavy atom. The van der Waals surface area contributed by atoms with Gasteiger partial charge in [-0.1, -0.05) is 26.0 Å². The predicted molar refractivity (Wildman–Crippen MR) is 107 cm³/mol. The molecule has 0 spiro atoms. The van der Waals surface area contributed by atoms with Gasteiger partial charge in [-0.2, -0.15) is 5.10 Å². The van der Waals surface area contributed by atoms with Gasteiger partial charge in [-0.25, -0.2) is 14.5 Å². The Bertz CT molecular complexity index is 936. The summed E-state index contributed by atoms with van der Waals surface area (Å²) in [5.74, 6) is -0.185. The quantitative estimate of drug-likeness (QED) is 0.571. The lowest BCUT2D eigenvalue weighted by molar-refractivity contribution is -0.133. The summed E-state index contributed by atoms with van der Waals surface area (Å²) < 4.78 is 6.90. The fraction of sp³-hybridized carbons (Fsp3) is 0.300. The lowest BCUT2D eigenvalue weighted by atomic mass is 10.1. The minimum Gasteiger partial charge on any atom is -0.452 e. The molecule has 1 amide bonds. The number of pyridine rings is 1. The highest BCUT2D eigenvalue weighted by atomic mass is 32.1. The lowest BCUT2D eigenvalue weighted by Crippen LogP contribution is -2.30. The average molecular weight is 398 g/mol. The fourth-order valence-electron chi connectivity index (χ4n) is 2.77. The molecule has 146 valence electrons. The van der Waals surface area contributed by atoms with Crippen molar-refractivity contribution in [2.75, 3.05) is 13.7 Å². The number of nitrogens with zero attached hydrogens (tertiary/aromatic N) is 4. The van der Waals surface area contributed by atoms with Gasteiger partial charge in [0.25, 0.3) is 5.91 Å². The summed E-state index contributed by atoms with van der Waals surface area (Å²) in [6.07, 6.45) is 3.13. The zero-order valence-corrected chi connectivity index (χ0v) is 16.8. The average Bonchev–Trinajstić information content (AvgIpc) is 3.36. The molecule has 0 aliphatic rings. The molecule has 0 aliphatic carbocycles. The van der Waals surface area contributed by atoms with Gasteiger partial charge in [0.1, 0.15) is 5.56 Å². The van der Waals surface area contributed by atoms with Crippen LogP contribution in [0.4, 0.5) is 0 Å². The Kier molecular flexibility index (Phi) is 6.20. The Hall–Kier alpha value is -3.00. The first-order valence-electron chi connectivity index (χ1n) is 8.90. The highest BCUT2D eigenvalue weighted by Gasteiger charge is 2.23. The van der Waals surface area contributed by atoms with Crippen LogP contribution >= 0.6 is 11.3 Å². The first-order valence-corrected chi connectivity index (χ1v) is 9.78. The molecule has 0 saturated carbocycles. The largest absolute Gasteiger partial charge is 0.452 e. The summed E-state index contributed by atoms with van der Waals surface area (Å²) in [7, 11) is 1.69. The summed E-state index contributed by atoms with van der Waals surface area (Å²) in [4.78, 5) is 31.8. The van der Waals surface area contributed by atoms with Crippen molar-refractivity contribution in [3.05, 3.63) is 64.2 Å². The van der Waals surface area contributed by atoms with Crippen LogP contribution in [0.15, 0.2) is 48.1 Å². The van der Waals surface area contributed by atoms with E-state index in [1.165, 1.54) is 6.20 Å². The molecule has 0 N–H and O–H groups in total. The number of ether oxygens (including phenoxy) is 1. The molecule has 28 heavy (non-hydrogen) atoms. The molecule has 0 unspecified atom stereocenters. The van der Waals surface area contributed by atoms with E-state index in [0.717, 1.165) is 4.88 Å². The summed E-state index contributed by atoms with van der Waals surface area (Å²) in [5.41, 5.74) is 1.04. The molecule has 3 aromatic heterocycles. The van der Waals surface area contributed by atoms with Gasteiger partial charge in [-0.3, -0.25) is 4.79 Å². The van der Waals surface area contributed by atoms with Crippen molar-refractivity contribution in [1.29, 1.82) is 0 Å². The van der Waals surface area contributed by atoms with Crippen LogP contribution in [0.5, 0.6) is 0 Å². The lowest BCUT2D eigenvalue weighted by Gasteiger charge is -2.16. The second kappa shape index (κ2) is 8.79. The second-order valence-corrected chi connectivity index (χ2v) is 7.64. The van der Waals surface area contributed by atoms with Crippen molar-refractivity contribution in [2.45, 2.75) is 26.3 Å². The van der Waals surface area contributed by atoms with E-state index in [9.17, 15) is 9.59 Å². The molecule has 0 fully saturated rings. The summed E-state index contributed by atoms with van der Waals surface area (Å²) in [5, 5.41) is 6.26. The SMILES string of the molecule is CC(C)c1c(C(=O)OCC(=O)N(C)Cc2cccs2)cnn1-c1ccccn1. The summed E-state index contributed by atoms with van der Waals surface area (Å²) in [6.45, 7) is 4.11. The van der Waals surface area contributed by atoms with Crippen LogP contribution in [-0.2, 0) is 16.1 Å². The smallest absolute Gasteiger partial charge is 0.342 e. The van der Waals surface area contributed by atoms with Crippen molar-refractivity contribution in [1.82, 2.24) is 19.7 Å². The van der Waals surface area contributed by atoms with E-state index in [1.54, 1.807) is 34.2 Å². The van der Waals surface area contributed by atoms with Crippen LogP contribution in [0.25, 0.3) is 5.82 Å². The van der Waals surface area contributed by atoms with E-state index in [-0.39, 0.29) is 18.4 Å². The summed E-state index contributed by atoms with van der Waals surface area (Å²) >= 11 is 1.58. The third-order valence-electron chi connectivity index (χ3n) is 4.17. The van der Waals surface area contributed by atoms with Crippen LogP contribution in [0, 0.1) is 0 Å². The maximum absolute atomic E-state index is 12.6. The normalized spacial score (nSPS) is 10.9. The van der Waals surface area contributed by atoms with Gasteiger partial charge in [0.15, 0.2) is 12.4 Å². The maximum atomic E-state index is 12.6. The van der Waals surface area contributed by atoms with E-state index < -0.39 is 5.97 Å². The number of likely N-dealkylation sites (N-methyl/N-ethyl adjacent to an activating group) is 1. The molecule has 3 aromatic rings. The Morgan fingerprint density at radius 2 is 2.07 bits per heavy atom. The Balaban J connectivity index is 1.69. The van der Waals surface area contributed by atoms with Gasteiger partial charge in [-0.15, -0.1) is 11.3 Å². The highest BCUT2D eigenvalue weighted by molar-refractivity contribution is 7.09. The fourth-order valence-corrected chi connectivity index (χ4v) is 3.53. The van der Waals surface area contributed by atoms with E-state index in [1.807, 2.05) is 49.6 Å². The standard InChI is InChI=1S/C20H22N4O3S/c1-14(2)19-16(11-22-24(19)17-8-4-5-9-21-17)20(26)27-13-18(25)23(3)12-15-7-6-10-28-15/h4-11,14H,12-13H2,1-3H3. The van der Waals surface area contributed by atoms with Crippen molar-refractivity contribution >= 4 is 23.2 Å². The molecule has 8 heteroatoms. The number of thiophene rings is 1. The van der Waals surface area contributed by atoms with Crippen molar-refractivity contribution in [3.63, 3.8) is 0 Å². The molecule has 3 rings (SSSR count). The minimum absolute atomic E-state index is 0.0178. The predicted octanol–water partition coefficient (Wildman–Crippen LogP) is 3.27. The number of carbonyl (C=O) groups is 2. The first kappa shape index (κ1) is 19.8. The Morgan fingerprint density at radius 1 is 1.25 bits per heavy atom. The number of rotatable bonds is 7. The molecule has 0 radical (unpaired) electrons. The van der Waals surface area contributed by atoms with Gasteiger partial charge in [0.2, 0.25) is 0 Å². The molecule has 0 atom stereocenters. The van der Waals surface area contributed by atoms with Gasteiger partial charge in [-0.05, 0) is 29.5 Å². The van der Waals surface area contributed by atoms with E-state index in [2.05, 4.69) is 10.1 Å². The second-order valence-electron chi connectivity index (χ2n) is 6.60. The van der Waals surface area contributed by atoms with Gasteiger partial charge >= 0.3 is 5.97 Å². The topological polar surface area (TPSA) is 77.3 Å². The third kappa shape index (κ3) is 4.45. The molecule has 7 nitrogen and oxygen atoms in total. The molecule has 3 heterocycles. The van der Waals surface area contributed by atoms with Gasteiger partial charge in [0, 0.05) is 18.1 Å². The zero-order valence-electron chi connectivity index (χ0n) is 16.0. The summed E-state index contributed by atoms with van der Waals surface area (Å²) in [6, 6.07) is 9.38. The number of hydrogen-bond donors (Lipinski definition) is 0. The molecule has 0 saturated heterocycles. The van der Waals surface area contributed by atoms with Crippen LogP contribution < -0.4 is 0 Å². The van der Waals surface area contributed by atoms with E-state index in [4.69, 9.17) is 4.74 Å². The van der Waals surface area contributed by atoms with Gasteiger partial charge in [0.05, 0.1) is 18.4 Å². The first-order chi connectivity index (χ1) is 13.5.